The van der Waals surface area contributed by atoms with E-state index in [1.54, 1.807) is 16.7 Å². The smallest absolute Gasteiger partial charge is 0.258 e. The number of aromatic nitrogens is 2. The van der Waals surface area contributed by atoms with Crippen molar-refractivity contribution in [3.05, 3.63) is 81.7 Å². The van der Waals surface area contributed by atoms with Gasteiger partial charge in [0.2, 0.25) is 0 Å². The summed E-state index contributed by atoms with van der Waals surface area (Å²) in [6.45, 7) is 2.88. The monoisotopic (exact) mass is 336 g/mol. The van der Waals surface area contributed by atoms with E-state index >= 15 is 0 Å². The lowest BCUT2D eigenvalue weighted by molar-refractivity contribution is -0.708. The Morgan fingerprint density at radius 2 is 2.04 bits per heavy atom. The van der Waals surface area contributed by atoms with Gasteiger partial charge >= 0.3 is 0 Å². The average molecular weight is 336 g/mol. The van der Waals surface area contributed by atoms with Gasteiger partial charge in [0, 0.05) is 23.2 Å². The van der Waals surface area contributed by atoms with Crippen LogP contribution in [0.15, 0.2) is 64.9 Å². The van der Waals surface area contributed by atoms with Crippen LogP contribution in [0.5, 0.6) is 0 Å². The summed E-state index contributed by atoms with van der Waals surface area (Å²) in [6.07, 6.45) is 1.77. The van der Waals surface area contributed by atoms with E-state index in [-0.39, 0.29) is 5.56 Å². The van der Waals surface area contributed by atoms with Crippen molar-refractivity contribution in [1.29, 1.82) is 0 Å². The van der Waals surface area contributed by atoms with Crippen molar-refractivity contribution >= 4 is 27.1 Å². The molecule has 0 fully saturated rings. The molecule has 0 unspecified atom stereocenters. The topological polar surface area (TPSA) is 51.0 Å². The molecule has 0 saturated carbocycles. The second kappa shape index (κ2) is 6.19. The number of rotatable bonds is 4. The molecule has 24 heavy (non-hydrogen) atoms. The Labute approximate surface area is 143 Å². The van der Waals surface area contributed by atoms with Gasteiger partial charge in [-0.1, -0.05) is 42.5 Å². The molecular formula is C19H18N3OS+. The van der Waals surface area contributed by atoms with Crippen molar-refractivity contribution in [2.24, 2.45) is 0 Å². The number of hydrogen-bond donors (Lipinski definition) is 1. The number of nitrogens with two attached hydrogens (primary N) is 1. The lowest BCUT2D eigenvalue weighted by Gasteiger charge is -2.13. The summed E-state index contributed by atoms with van der Waals surface area (Å²) < 4.78 is 1.59. The van der Waals surface area contributed by atoms with Crippen LogP contribution in [0.2, 0.25) is 0 Å². The molecule has 0 bridgehead atoms. The Balaban J connectivity index is 1.59. The first-order valence-electron chi connectivity index (χ1n) is 7.99. The van der Waals surface area contributed by atoms with Crippen molar-refractivity contribution < 1.29 is 5.32 Å². The van der Waals surface area contributed by atoms with Gasteiger partial charge in [0.1, 0.15) is 18.3 Å². The summed E-state index contributed by atoms with van der Waals surface area (Å²) >= 11 is 1.49. The van der Waals surface area contributed by atoms with Gasteiger partial charge in [-0.15, -0.1) is 11.3 Å². The molecule has 0 aliphatic rings. The lowest BCUT2D eigenvalue weighted by atomic mass is 10.00. The van der Waals surface area contributed by atoms with Gasteiger partial charge in [0.25, 0.3) is 5.56 Å². The van der Waals surface area contributed by atoms with Gasteiger partial charge in [-0.2, -0.15) is 0 Å². The maximum absolute atomic E-state index is 12.1. The van der Waals surface area contributed by atoms with E-state index in [1.807, 2.05) is 5.38 Å². The molecule has 120 valence electrons. The molecule has 0 aliphatic heterocycles. The maximum atomic E-state index is 12.1. The number of quaternary nitrogens is 1. The maximum Gasteiger partial charge on any atom is 0.258 e. The standard InChI is InChI=1S/C19H17N3OS/c1-13(16-8-4-6-14-5-2-3-7-17(14)16)20-12-15-11-18(23)22-9-10-24-19(22)21-15/h2-11,13,20H,12H2,1H3/p+1/t13-/m0/s1. The minimum absolute atomic E-state index is 0.0116. The predicted molar refractivity (Wildman–Crippen MR) is 97.3 cm³/mol. The van der Waals surface area contributed by atoms with Gasteiger partial charge in [-0.05, 0) is 17.7 Å². The van der Waals surface area contributed by atoms with Crippen LogP contribution in [0.4, 0.5) is 0 Å². The molecule has 1 atom stereocenters. The van der Waals surface area contributed by atoms with E-state index < -0.39 is 0 Å². The fourth-order valence-corrected chi connectivity index (χ4v) is 3.80. The SMILES string of the molecule is C[C@H]([NH2+]Cc1cc(=O)n2ccsc2n1)c1cccc2ccccc12. The van der Waals surface area contributed by atoms with Gasteiger partial charge in [0.05, 0.1) is 0 Å². The van der Waals surface area contributed by atoms with Crippen molar-refractivity contribution in [3.8, 4) is 0 Å². The van der Waals surface area contributed by atoms with Gasteiger partial charge in [-0.3, -0.25) is 9.20 Å². The van der Waals surface area contributed by atoms with Gasteiger partial charge < -0.3 is 5.32 Å². The predicted octanol–water partition coefficient (Wildman–Crippen LogP) is 2.73. The molecule has 2 aromatic heterocycles. The molecule has 0 amide bonds. The van der Waals surface area contributed by atoms with Crippen LogP contribution < -0.4 is 10.9 Å². The molecule has 5 heteroatoms. The van der Waals surface area contributed by atoms with E-state index in [4.69, 9.17) is 0 Å². The van der Waals surface area contributed by atoms with Crippen LogP contribution in [-0.2, 0) is 6.54 Å². The third kappa shape index (κ3) is 2.72. The lowest BCUT2D eigenvalue weighted by Crippen LogP contribution is -2.83. The Morgan fingerprint density at radius 3 is 2.96 bits per heavy atom. The summed E-state index contributed by atoms with van der Waals surface area (Å²) in [5.41, 5.74) is 2.12. The third-order valence-electron chi connectivity index (χ3n) is 4.35. The van der Waals surface area contributed by atoms with Gasteiger partial charge in [0.15, 0.2) is 4.96 Å². The van der Waals surface area contributed by atoms with Crippen LogP contribution in [-0.4, -0.2) is 9.38 Å². The fraction of sp³-hybridized carbons (Fsp3) is 0.158. The highest BCUT2D eigenvalue weighted by Crippen LogP contribution is 2.22. The van der Waals surface area contributed by atoms with Crippen molar-refractivity contribution in [2.45, 2.75) is 19.5 Å². The third-order valence-corrected chi connectivity index (χ3v) is 5.11. The highest BCUT2D eigenvalue weighted by molar-refractivity contribution is 7.15. The Hall–Kier alpha value is -2.50. The van der Waals surface area contributed by atoms with E-state index in [0.29, 0.717) is 12.6 Å². The highest BCUT2D eigenvalue weighted by atomic mass is 32.1. The van der Waals surface area contributed by atoms with Crippen LogP contribution >= 0.6 is 11.3 Å². The fourth-order valence-electron chi connectivity index (χ4n) is 3.06. The van der Waals surface area contributed by atoms with Crippen LogP contribution in [0.1, 0.15) is 24.2 Å². The Morgan fingerprint density at radius 1 is 1.21 bits per heavy atom. The van der Waals surface area contributed by atoms with Crippen LogP contribution in [0.3, 0.4) is 0 Å². The zero-order valence-electron chi connectivity index (χ0n) is 13.3. The summed E-state index contributed by atoms with van der Waals surface area (Å²) in [5.74, 6) is 0. The first-order chi connectivity index (χ1) is 11.7. The molecule has 2 N–H and O–H groups in total. The zero-order valence-corrected chi connectivity index (χ0v) is 14.2. The molecule has 4 aromatic rings. The first-order valence-corrected chi connectivity index (χ1v) is 8.87. The number of thiazole rings is 1. The van der Waals surface area contributed by atoms with E-state index in [1.165, 1.54) is 27.7 Å². The molecule has 0 radical (unpaired) electrons. The second-order valence-electron chi connectivity index (χ2n) is 5.94. The average Bonchev–Trinajstić information content (AvgIpc) is 3.08. The molecule has 4 rings (SSSR count). The quantitative estimate of drug-likeness (QED) is 0.623. The molecule has 2 heterocycles. The number of hydrogen-bond acceptors (Lipinski definition) is 3. The number of benzene rings is 2. The summed E-state index contributed by atoms with van der Waals surface area (Å²) in [6, 6.07) is 16.8. The minimum atomic E-state index is -0.0116. The summed E-state index contributed by atoms with van der Waals surface area (Å²) in [5, 5.41) is 6.65. The van der Waals surface area contributed by atoms with Crippen molar-refractivity contribution in [1.82, 2.24) is 9.38 Å². The molecule has 0 spiro atoms. The van der Waals surface area contributed by atoms with Gasteiger partial charge in [-0.25, -0.2) is 4.98 Å². The highest BCUT2D eigenvalue weighted by Gasteiger charge is 2.13. The van der Waals surface area contributed by atoms with Crippen LogP contribution in [0, 0.1) is 0 Å². The molecule has 0 aliphatic carbocycles. The van der Waals surface area contributed by atoms with Crippen molar-refractivity contribution in [3.63, 3.8) is 0 Å². The molecule has 2 aromatic carbocycles. The summed E-state index contributed by atoms with van der Waals surface area (Å²) in [4.78, 5) is 17.4. The van der Waals surface area contributed by atoms with E-state index in [9.17, 15) is 4.79 Å². The van der Waals surface area contributed by atoms with E-state index in [2.05, 4.69) is 59.7 Å². The normalized spacial score (nSPS) is 12.7. The molecular weight excluding hydrogens is 318 g/mol. The minimum Gasteiger partial charge on any atom is -0.335 e. The second-order valence-corrected chi connectivity index (χ2v) is 6.81. The molecule has 4 nitrogen and oxygen atoms in total. The zero-order chi connectivity index (χ0) is 16.5. The van der Waals surface area contributed by atoms with Crippen LogP contribution in [0.25, 0.3) is 15.7 Å². The Kier molecular flexibility index (Phi) is 3.88. The molecule has 0 saturated heterocycles. The van der Waals surface area contributed by atoms with E-state index in [0.717, 1.165) is 10.7 Å². The summed E-state index contributed by atoms with van der Waals surface area (Å²) in [7, 11) is 0. The first kappa shape index (κ1) is 15.1. The van der Waals surface area contributed by atoms with Crippen molar-refractivity contribution in [2.75, 3.05) is 0 Å². The Bertz CT molecular complexity index is 1060. The largest absolute Gasteiger partial charge is 0.335 e. The number of nitrogens with zero attached hydrogens (tertiary/aromatic N) is 2. The number of fused-ring (bicyclic) bond motifs is 2.